The van der Waals surface area contributed by atoms with E-state index in [1.165, 1.54) is 11.1 Å². The van der Waals surface area contributed by atoms with Crippen molar-refractivity contribution in [2.45, 2.75) is 24.8 Å². The Bertz CT molecular complexity index is 298. The van der Waals surface area contributed by atoms with E-state index in [-0.39, 0.29) is 5.38 Å². The van der Waals surface area contributed by atoms with Gasteiger partial charge in [-0.3, -0.25) is 0 Å². The van der Waals surface area contributed by atoms with Crippen LogP contribution in [0.2, 0.25) is 0 Å². The quantitative estimate of drug-likeness (QED) is 0.716. The molecule has 1 aliphatic carbocycles. The van der Waals surface area contributed by atoms with Gasteiger partial charge in [0.2, 0.25) is 0 Å². The van der Waals surface area contributed by atoms with Crippen molar-refractivity contribution in [3.8, 4) is 0 Å². The van der Waals surface area contributed by atoms with Gasteiger partial charge in [0.1, 0.15) is 0 Å². The Morgan fingerprint density at radius 1 is 1.46 bits per heavy atom. The van der Waals surface area contributed by atoms with Crippen LogP contribution in [0, 0.1) is 0 Å². The summed E-state index contributed by atoms with van der Waals surface area (Å²) in [4.78, 5) is 0. The summed E-state index contributed by atoms with van der Waals surface area (Å²) in [5, 5.41) is 3.64. The fourth-order valence-corrected chi connectivity index (χ4v) is 2.40. The molecule has 0 amide bonds. The Morgan fingerprint density at radius 2 is 2.23 bits per heavy atom. The summed E-state index contributed by atoms with van der Waals surface area (Å²) in [7, 11) is 0. The van der Waals surface area contributed by atoms with Gasteiger partial charge in [0.05, 0.1) is 5.38 Å². The summed E-state index contributed by atoms with van der Waals surface area (Å²) in [5.41, 5.74) is 2.78. The summed E-state index contributed by atoms with van der Waals surface area (Å²) in [6.07, 6.45) is 0.995. The fourth-order valence-electron chi connectivity index (χ4n) is 2.00. The van der Waals surface area contributed by atoms with Gasteiger partial charge in [0.25, 0.3) is 0 Å². The van der Waals surface area contributed by atoms with E-state index >= 15 is 0 Å². The first kappa shape index (κ1) is 9.04. The third-order valence-electron chi connectivity index (χ3n) is 2.59. The van der Waals surface area contributed by atoms with Crippen LogP contribution in [0.25, 0.3) is 0 Å². The molecule has 13 heavy (non-hydrogen) atoms. The highest BCUT2D eigenvalue weighted by molar-refractivity contribution is 6.21. The number of rotatable bonds is 2. The Hall–Kier alpha value is -0.530. The average molecular weight is 196 g/mol. The standard InChI is InChI=1S/C11H14ClN/c1-2-13-11-9-6-4-3-5-8(9)7-10(11)12/h3-6,10-11,13H,2,7H2,1H3. The van der Waals surface area contributed by atoms with Crippen LogP contribution < -0.4 is 5.32 Å². The van der Waals surface area contributed by atoms with Crippen LogP contribution in [0.4, 0.5) is 0 Å². The maximum absolute atomic E-state index is 6.26. The number of benzene rings is 1. The Labute approximate surface area is 84.1 Å². The molecule has 1 aliphatic rings. The number of hydrogen-bond donors (Lipinski definition) is 1. The average Bonchev–Trinajstić information content (AvgIpc) is 2.44. The number of nitrogens with one attached hydrogen (secondary N) is 1. The van der Waals surface area contributed by atoms with E-state index in [4.69, 9.17) is 11.6 Å². The Kier molecular flexibility index (Phi) is 2.56. The first-order valence-corrected chi connectivity index (χ1v) is 5.22. The summed E-state index contributed by atoms with van der Waals surface area (Å²) in [6, 6.07) is 8.85. The molecular formula is C11H14ClN. The monoisotopic (exact) mass is 195 g/mol. The van der Waals surface area contributed by atoms with E-state index in [1.807, 2.05) is 0 Å². The van der Waals surface area contributed by atoms with Crippen molar-refractivity contribution in [1.82, 2.24) is 5.32 Å². The Balaban J connectivity index is 2.29. The normalized spacial score (nSPS) is 26.0. The van der Waals surface area contributed by atoms with Crippen LogP contribution in [-0.2, 0) is 6.42 Å². The van der Waals surface area contributed by atoms with Gasteiger partial charge < -0.3 is 5.32 Å². The zero-order valence-corrected chi connectivity index (χ0v) is 8.51. The van der Waals surface area contributed by atoms with Gasteiger partial charge in [0, 0.05) is 6.04 Å². The molecular weight excluding hydrogens is 182 g/mol. The molecule has 1 nitrogen and oxygen atoms in total. The summed E-state index contributed by atoms with van der Waals surface area (Å²) in [5.74, 6) is 0. The zero-order chi connectivity index (χ0) is 9.26. The second kappa shape index (κ2) is 3.69. The highest BCUT2D eigenvalue weighted by atomic mass is 35.5. The summed E-state index contributed by atoms with van der Waals surface area (Å²) < 4.78 is 0. The van der Waals surface area contributed by atoms with Gasteiger partial charge in [-0.15, -0.1) is 11.6 Å². The van der Waals surface area contributed by atoms with Crippen LogP contribution in [0.5, 0.6) is 0 Å². The fraction of sp³-hybridized carbons (Fsp3) is 0.455. The third kappa shape index (κ3) is 1.59. The van der Waals surface area contributed by atoms with E-state index in [2.05, 4.69) is 36.5 Å². The highest BCUT2D eigenvalue weighted by Gasteiger charge is 2.29. The van der Waals surface area contributed by atoms with Gasteiger partial charge in [-0.25, -0.2) is 0 Å². The molecule has 0 aliphatic heterocycles. The van der Waals surface area contributed by atoms with Crippen LogP contribution in [0.15, 0.2) is 24.3 Å². The lowest BCUT2D eigenvalue weighted by atomic mass is 10.1. The maximum atomic E-state index is 6.26. The predicted octanol–water partition coefficient (Wildman–Crippen LogP) is 2.50. The van der Waals surface area contributed by atoms with E-state index in [1.54, 1.807) is 0 Å². The number of alkyl halides is 1. The molecule has 70 valence electrons. The van der Waals surface area contributed by atoms with Crippen LogP contribution >= 0.6 is 11.6 Å². The smallest absolute Gasteiger partial charge is 0.0571 e. The van der Waals surface area contributed by atoms with Gasteiger partial charge in [-0.05, 0) is 24.1 Å². The molecule has 2 unspecified atom stereocenters. The van der Waals surface area contributed by atoms with Crippen molar-refractivity contribution >= 4 is 11.6 Å². The van der Waals surface area contributed by atoms with E-state index in [0.29, 0.717) is 6.04 Å². The van der Waals surface area contributed by atoms with Crippen molar-refractivity contribution < 1.29 is 0 Å². The van der Waals surface area contributed by atoms with Crippen molar-refractivity contribution in [2.24, 2.45) is 0 Å². The number of fused-ring (bicyclic) bond motifs is 1. The number of halogens is 1. The summed E-state index contributed by atoms with van der Waals surface area (Å²) >= 11 is 6.26. The van der Waals surface area contributed by atoms with E-state index < -0.39 is 0 Å². The van der Waals surface area contributed by atoms with Crippen molar-refractivity contribution in [1.29, 1.82) is 0 Å². The molecule has 1 aromatic carbocycles. The number of hydrogen-bond acceptors (Lipinski definition) is 1. The molecule has 1 aromatic rings. The molecule has 0 heterocycles. The van der Waals surface area contributed by atoms with Crippen molar-refractivity contribution in [2.75, 3.05) is 6.54 Å². The summed E-state index contributed by atoms with van der Waals surface area (Å²) in [6.45, 7) is 3.09. The lowest BCUT2D eigenvalue weighted by Crippen LogP contribution is -2.25. The molecule has 0 aromatic heterocycles. The molecule has 0 saturated carbocycles. The van der Waals surface area contributed by atoms with Crippen LogP contribution in [-0.4, -0.2) is 11.9 Å². The second-order valence-electron chi connectivity index (χ2n) is 3.45. The predicted molar refractivity (Wildman–Crippen MR) is 56.2 cm³/mol. The molecule has 1 N–H and O–H groups in total. The minimum absolute atomic E-state index is 0.220. The first-order valence-electron chi connectivity index (χ1n) is 4.78. The third-order valence-corrected chi connectivity index (χ3v) is 3.00. The highest BCUT2D eigenvalue weighted by Crippen LogP contribution is 2.34. The molecule has 0 saturated heterocycles. The molecule has 2 heteroatoms. The topological polar surface area (TPSA) is 12.0 Å². The van der Waals surface area contributed by atoms with Crippen molar-refractivity contribution in [3.05, 3.63) is 35.4 Å². The lowest BCUT2D eigenvalue weighted by Gasteiger charge is -2.15. The van der Waals surface area contributed by atoms with Gasteiger partial charge >= 0.3 is 0 Å². The molecule has 2 rings (SSSR count). The molecule has 0 bridgehead atoms. The van der Waals surface area contributed by atoms with Crippen LogP contribution in [0.3, 0.4) is 0 Å². The minimum Gasteiger partial charge on any atom is -0.309 e. The molecule has 0 spiro atoms. The molecule has 0 fully saturated rings. The SMILES string of the molecule is CCNC1c2ccccc2CC1Cl. The molecule has 2 atom stereocenters. The first-order chi connectivity index (χ1) is 6.33. The van der Waals surface area contributed by atoms with Crippen molar-refractivity contribution in [3.63, 3.8) is 0 Å². The lowest BCUT2D eigenvalue weighted by molar-refractivity contribution is 0.555. The molecule has 0 radical (unpaired) electrons. The van der Waals surface area contributed by atoms with Gasteiger partial charge in [0.15, 0.2) is 0 Å². The minimum atomic E-state index is 0.220. The maximum Gasteiger partial charge on any atom is 0.0571 e. The van der Waals surface area contributed by atoms with E-state index in [9.17, 15) is 0 Å². The van der Waals surface area contributed by atoms with Crippen LogP contribution in [0.1, 0.15) is 24.1 Å². The van der Waals surface area contributed by atoms with Gasteiger partial charge in [-0.2, -0.15) is 0 Å². The zero-order valence-electron chi connectivity index (χ0n) is 7.76. The Morgan fingerprint density at radius 3 is 3.00 bits per heavy atom. The van der Waals surface area contributed by atoms with E-state index in [0.717, 1.165) is 13.0 Å². The van der Waals surface area contributed by atoms with Gasteiger partial charge in [-0.1, -0.05) is 31.2 Å². The largest absolute Gasteiger partial charge is 0.309 e. The second-order valence-corrected chi connectivity index (χ2v) is 4.01.